The number of aromatic nitrogens is 2. The van der Waals surface area contributed by atoms with E-state index in [0.717, 1.165) is 23.7 Å². The highest BCUT2D eigenvalue weighted by atomic mass is 16.3. The molecule has 26 heavy (non-hydrogen) atoms. The lowest BCUT2D eigenvalue weighted by Gasteiger charge is -2.39. The van der Waals surface area contributed by atoms with Crippen molar-refractivity contribution in [1.82, 2.24) is 20.6 Å². The molecule has 0 radical (unpaired) electrons. The van der Waals surface area contributed by atoms with Gasteiger partial charge in [-0.05, 0) is 38.8 Å². The molecule has 0 unspecified atom stereocenters. The SMILES string of the molecule is CC(C)(NC1CCCCC1)[C@@H](CO)NC(=O)c1ccc2cncnc2c1. The van der Waals surface area contributed by atoms with Gasteiger partial charge in [-0.2, -0.15) is 0 Å². The van der Waals surface area contributed by atoms with Crippen LogP contribution in [0.15, 0.2) is 30.7 Å². The Morgan fingerprint density at radius 1 is 1.31 bits per heavy atom. The molecule has 6 nitrogen and oxygen atoms in total. The fraction of sp³-hybridized carbons (Fsp3) is 0.550. The van der Waals surface area contributed by atoms with Crippen molar-refractivity contribution in [1.29, 1.82) is 0 Å². The van der Waals surface area contributed by atoms with Crippen LogP contribution in [0.3, 0.4) is 0 Å². The Labute approximate surface area is 154 Å². The molecule has 0 spiro atoms. The molecule has 3 N–H and O–H groups in total. The number of nitrogens with zero attached hydrogens (tertiary/aromatic N) is 2. The van der Waals surface area contributed by atoms with Gasteiger partial charge in [0.25, 0.3) is 5.91 Å². The number of aliphatic hydroxyl groups is 1. The summed E-state index contributed by atoms with van der Waals surface area (Å²) in [7, 11) is 0. The monoisotopic (exact) mass is 356 g/mol. The molecule has 0 aliphatic heterocycles. The van der Waals surface area contributed by atoms with Crippen molar-refractivity contribution in [2.45, 2.75) is 63.6 Å². The van der Waals surface area contributed by atoms with E-state index in [1.165, 1.54) is 25.6 Å². The number of fused-ring (bicyclic) bond motifs is 1. The number of hydrogen-bond donors (Lipinski definition) is 3. The topological polar surface area (TPSA) is 87.1 Å². The van der Waals surface area contributed by atoms with Gasteiger partial charge in [-0.1, -0.05) is 25.3 Å². The van der Waals surface area contributed by atoms with Crippen molar-refractivity contribution in [2.75, 3.05) is 6.61 Å². The Morgan fingerprint density at radius 3 is 2.81 bits per heavy atom. The first-order chi connectivity index (χ1) is 12.5. The molecule has 1 amide bonds. The molecule has 1 aromatic carbocycles. The predicted octanol–water partition coefficient (Wildman–Crippen LogP) is 2.42. The van der Waals surface area contributed by atoms with E-state index in [1.54, 1.807) is 18.3 Å². The first-order valence-electron chi connectivity index (χ1n) is 9.39. The van der Waals surface area contributed by atoms with Gasteiger partial charge in [0.15, 0.2) is 0 Å². The molecule has 1 heterocycles. The van der Waals surface area contributed by atoms with Crippen LogP contribution in [0.25, 0.3) is 10.9 Å². The van der Waals surface area contributed by atoms with Gasteiger partial charge in [0.2, 0.25) is 0 Å². The number of amides is 1. The molecular weight excluding hydrogens is 328 g/mol. The zero-order valence-electron chi connectivity index (χ0n) is 15.5. The second-order valence-electron chi connectivity index (χ2n) is 7.71. The normalized spacial score (nSPS) is 17.2. The highest BCUT2D eigenvalue weighted by Crippen LogP contribution is 2.21. The van der Waals surface area contributed by atoms with Gasteiger partial charge in [0.1, 0.15) is 6.33 Å². The van der Waals surface area contributed by atoms with E-state index in [9.17, 15) is 9.90 Å². The first kappa shape index (κ1) is 18.7. The van der Waals surface area contributed by atoms with Crippen LogP contribution in [0.1, 0.15) is 56.3 Å². The zero-order chi connectivity index (χ0) is 18.6. The lowest BCUT2D eigenvalue weighted by atomic mass is 9.89. The van der Waals surface area contributed by atoms with Crippen molar-refractivity contribution >= 4 is 16.8 Å². The van der Waals surface area contributed by atoms with Crippen LogP contribution in [0.2, 0.25) is 0 Å². The Hall–Kier alpha value is -2.05. The summed E-state index contributed by atoms with van der Waals surface area (Å²) < 4.78 is 0. The molecule has 2 aromatic rings. The average Bonchev–Trinajstić information content (AvgIpc) is 2.65. The summed E-state index contributed by atoms with van der Waals surface area (Å²) in [5, 5.41) is 17.4. The third kappa shape index (κ3) is 4.37. The lowest BCUT2D eigenvalue weighted by molar-refractivity contribution is 0.0851. The van der Waals surface area contributed by atoms with Crippen LogP contribution in [-0.4, -0.2) is 45.2 Å². The highest BCUT2D eigenvalue weighted by Gasteiger charge is 2.33. The average molecular weight is 356 g/mol. The van der Waals surface area contributed by atoms with Crippen molar-refractivity contribution in [3.63, 3.8) is 0 Å². The fourth-order valence-corrected chi connectivity index (χ4v) is 3.68. The summed E-state index contributed by atoms with van der Waals surface area (Å²) in [4.78, 5) is 20.9. The van der Waals surface area contributed by atoms with Crippen molar-refractivity contribution in [2.24, 2.45) is 0 Å². The predicted molar refractivity (Wildman–Crippen MR) is 102 cm³/mol. The first-order valence-corrected chi connectivity index (χ1v) is 9.39. The minimum Gasteiger partial charge on any atom is -0.394 e. The minimum absolute atomic E-state index is 0.117. The number of rotatable bonds is 6. The Morgan fingerprint density at radius 2 is 2.08 bits per heavy atom. The van der Waals surface area contributed by atoms with Crippen molar-refractivity contribution in [3.05, 3.63) is 36.3 Å². The summed E-state index contributed by atoms with van der Waals surface area (Å²) in [5.74, 6) is -0.205. The van der Waals surface area contributed by atoms with E-state index in [4.69, 9.17) is 0 Å². The van der Waals surface area contributed by atoms with Gasteiger partial charge in [-0.15, -0.1) is 0 Å². The molecule has 1 fully saturated rings. The minimum atomic E-state index is -0.397. The Balaban J connectivity index is 1.69. The quantitative estimate of drug-likeness (QED) is 0.740. The second kappa shape index (κ2) is 8.10. The third-order valence-corrected chi connectivity index (χ3v) is 5.31. The molecule has 0 bridgehead atoms. The van der Waals surface area contributed by atoms with Crippen LogP contribution in [0.4, 0.5) is 0 Å². The summed E-state index contributed by atoms with van der Waals surface area (Å²) in [6.45, 7) is 3.96. The van der Waals surface area contributed by atoms with Gasteiger partial charge in [-0.3, -0.25) is 4.79 Å². The summed E-state index contributed by atoms with van der Waals surface area (Å²) in [6, 6.07) is 5.42. The van der Waals surface area contributed by atoms with Crippen LogP contribution in [0.5, 0.6) is 0 Å². The van der Waals surface area contributed by atoms with Gasteiger partial charge >= 0.3 is 0 Å². The van der Waals surface area contributed by atoms with E-state index >= 15 is 0 Å². The van der Waals surface area contributed by atoms with E-state index in [-0.39, 0.29) is 18.6 Å². The number of aliphatic hydroxyl groups excluding tert-OH is 1. The molecule has 3 rings (SSSR count). The molecular formula is C20H28N4O2. The van der Waals surface area contributed by atoms with Crippen LogP contribution < -0.4 is 10.6 Å². The van der Waals surface area contributed by atoms with E-state index in [0.29, 0.717) is 11.6 Å². The van der Waals surface area contributed by atoms with E-state index in [2.05, 4.69) is 20.6 Å². The van der Waals surface area contributed by atoms with Gasteiger partial charge in [0, 0.05) is 28.7 Å². The number of nitrogens with one attached hydrogen (secondary N) is 2. The van der Waals surface area contributed by atoms with Gasteiger partial charge in [-0.25, -0.2) is 9.97 Å². The van der Waals surface area contributed by atoms with Crippen LogP contribution in [-0.2, 0) is 0 Å². The van der Waals surface area contributed by atoms with E-state index < -0.39 is 5.54 Å². The van der Waals surface area contributed by atoms with Crippen LogP contribution in [0, 0.1) is 0 Å². The van der Waals surface area contributed by atoms with Crippen molar-refractivity contribution < 1.29 is 9.90 Å². The molecule has 0 saturated heterocycles. The van der Waals surface area contributed by atoms with Gasteiger partial charge < -0.3 is 15.7 Å². The smallest absolute Gasteiger partial charge is 0.251 e. The Bertz CT molecular complexity index is 756. The summed E-state index contributed by atoms with van der Waals surface area (Å²) in [5.41, 5.74) is 0.863. The maximum absolute atomic E-state index is 12.7. The molecule has 1 aromatic heterocycles. The molecule has 1 aliphatic rings. The highest BCUT2D eigenvalue weighted by molar-refractivity contribution is 5.97. The summed E-state index contributed by atoms with van der Waals surface area (Å²) in [6.07, 6.45) is 9.27. The van der Waals surface area contributed by atoms with Crippen LogP contribution >= 0.6 is 0 Å². The van der Waals surface area contributed by atoms with Gasteiger partial charge in [0.05, 0.1) is 18.2 Å². The molecule has 140 valence electrons. The summed E-state index contributed by atoms with van der Waals surface area (Å²) >= 11 is 0. The standard InChI is InChI=1S/C20H28N4O2/c1-20(2,24-16-6-4-3-5-7-16)18(12-25)23-19(26)14-8-9-15-11-21-13-22-17(15)10-14/h8-11,13,16,18,24-25H,3-7,12H2,1-2H3,(H,23,26)/t18-/m1/s1. The lowest BCUT2D eigenvalue weighted by Crippen LogP contribution is -2.61. The maximum atomic E-state index is 12.7. The number of carbonyl (C=O) groups excluding carboxylic acids is 1. The number of carbonyl (C=O) groups is 1. The third-order valence-electron chi connectivity index (χ3n) is 5.31. The molecule has 6 heteroatoms. The molecule has 1 atom stereocenters. The number of hydrogen-bond acceptors (Lipinski definition) is 5. The second-order valence-corrected chi connectivity index (χ2v) is 7.71. The maximum Gasteiger partial charge on any atom is 0.251 e. The largest absolute Gasteiger partial charge is 0.394 e. The fourth-order valence-electron chi connectivity index (χ4n) is 3.68. The van der Waals surface area contributed by atoms with E-state index in [1.807, 2.05) is 19.9 Å². The molecule has 1 aliphatic carbocycles. The zero-order valence-corrected chi connectivity index (χ0v) is 15.5. The Kier molecular flexibility index (Phi) is 5.84. The van der Waals surface area contributed by atoms with Crippen molar-refractivity contribution in [3.8, 4) is 0 Å². The molecule has 1 saturated carbocycles. The number of benzene rings is 1.